The summed E-state index contributed by atoms with van der Waals surface area (Å²) in [5.41, 5.74) is 12.5. The first-order chi connectivity index (χ1) is 9.04. The first-order valence-electron chi connectivity index (χ1n) is 5.93. The molecule has 0 saturated carbocycles. The summed E-state index contributed by atoms with van der Waals surface area (Å²) in [5.74, 6) is 0.113. The van der Waals surface area contributed by atoms with Gasteiger partial charge in [0.15, 0.2) is 0 Å². The van der Waals surface area contributed by atoms with E-state index in [4.69, 9.17) is 11.5 Å². The number of benzene rings is 1. The van der Waals surface area contributed by atoms with E-state index in [9.17, 15) is 9.59 Å². The minimum atomic E-state index is -0.521. The number of rotatable bonds is 7. The Morgan fingerprint density at radius 2 is 2.00 bits per heavy atom. The van der Waals surface area contributed by atoms with Gasteiger partial charge in [-0.2, -0.15) is 11.8 Å². The van der Waals surface area contributed by atoms with Crippen LogP contribution < -0.4 is 11.5 Å². The molecule has 1 aromatic rings. The van der Waals surface area contributed by atoms with Gasteiger partial charge < -0.3 is 16.4 Å². The summed E-state index contributed by atoms with van der Waals surface area (Å²) in [4.78, 5) is 24.5. The lowest BCUT2D eigenvalue weighted by atomic mass is 10.1. The number of carbonyl (C=O) groups excluding carboxylic acids is 2. The summed E-state index contributed by atoms with van der Waals surface area (Å²) in [6.07, 6.45) is 2.32. The summed E-state index contributed by atoms with van der Waals surface area (Å²) < 4.78 is 0. The second-order valence-corrected chi connectivity index (χ2v) is 5.14. The zero-order chi connectivity index (χ0) is 14.3. The minimum absolute atomic E-state index is 0.0818. The van der Waals surface area contributed by atoms with E-state index < -0.39 is 5.91 Å². The van der Waals surface area contributed by atoms with E-state index in [2.05, 4.69) is 0 Å². The molecule has 19 heavy (non-hydrogen) atoms. The Kier molecular flexibility index (Phi) is 6.21. The van der Waals surface area contributed by atoms with Gasteiger partial charge in [-0.3, -0.25) is 9.59 Å². The number of para-hydroxylation sites is 1. The number of hydrogen-bond acceptors (Lipinski definition) is 4. The van der Waals surface area contributed by atoms with Crippen LogP contribution in [0.15, 0.2) is 24.3 Å². The fraction of sp³-hybridized carbons (Fsp3) is 0.385. The third kappa shape index (κ3) is 5.21. The molecule has 0 atom stereocenters. The smallest absolute Gasteiger partial charge is 0.237 e. The molecule has 1 rings (SSSR count). The summed E-state index contributed by atoms with van der Waals surface area (Å²) >= 11 is 1.59. The number of nitrogen functional groups attached to an aromatic ring is 1. The van der Waals surface area contributed by atoms with Crippen molar-refractivity contribution in [1.29, 1.82) is 0 Å². The molecule has 0 radical (unpaired) electrons. The van der Waals surface area contributed by atoms with Gasteiger partial charge in [-0.1, -0.05) is 18.2 Å². The van der Waals surface area contributed by atoms with Gasteiger partial charge in [0.1, 0.15) is 0 Å². The number of nitrogens with two attached hydrogens (primary N) is 2. The number of thioether (sulfide) groups is 1. The van der Waals surface area contributed by atoms with Crippen molar-refractivity contribution in [1.82, 2.24) is 4.90 Å². The van der Waals surface area contributed by atoms with Crippen LogP contribution in [-0.2, 0) is 16.1 Å². The van der Waals surface area contributed by atoms with Crippen molar-refractivity contribution in [3.8, 4) is 0 Å². The Bertz CT molecular complexity index is 451. The SMILES string of the molecule is CSCCC(=O)N(CC(N)=O)Cc1ccccc1N. The van der Waals surface area contributed by atoms with Crippen LogP contribution in [0.3, 0.4) is 0 Å². The van der Waals surface area contributed by atoms with Gasteiger partial charge >= 0.3 is 0 Å². The summed E-state index contributed by atoms with van der Waals surface area (Å²) in [6, 6.07) is 7.28. The Hall–Kier alpha value is -1.69. The van der Waals surface area contributed by atoms with Crippen LogP contribution in [0.25, 0.3) is 0 Å². The topological polar surface area (TPSA) is 89.4 Å². The molecule has 0 aliphatic rings. The standard InChI is InChI=1S/C13H19N3O2S/c1-19-7-6-13(18)16(9-12(15)17)8-10-4-2-3-5-11(10)14/h2-5H,6-9,14H2,1H3,(H2,15,17). The van der Waals surface area contributed by atoms with Crippen molar-refractivity contribution in [2.24, 2.45) is 5.73 Å². The maximum Gasteiger partial charge on any atom is 0.237 e. The van der Waals surface area contributed by atoms with Crippen molar-refractivity contribution >= 4 is 29.3 Å². The van der Waals surface area contributed by atoms with Crippen molar-refractivity contribution in [3.05, 3.63) is 29.8 Å². The highest BCUT2D eigenvalue weighted by Crippen LogP contribution is 2.14. The predicted molar refractivity (Wildman–Crippen MR) is 78.5 cm³/mol. The number of primary amides is 1. The fourth-order valence-electron chi connectivity index (χ4n) is 1.65. The third-order valence-electron chi connectivity index (χ3n) is 2.64. The molecule has 5 nitrogen and oxygen atoms in total. The predicted octanol–water partition coefficient (Wildman–Crippen LogP) is 0.836. The Balaban J connectivity index is 2.77. The van der Waals surface area contributed by atoms with Crippen LogP contribution in [0.5, 0.6) is 0 Å². The van der Waals surface area contributed by atoms with Gasteiger partial charge in [-0.05, 0) is 17.9 Å². The molecule has 0 bridgehead atoms. The summed E-state index contributed by atoms with van der Waals surface area (Å²) in [7, 11) is 0. The lowest BCUT2D eigenvalue weighted by Crippen LogP contribution is -2.38. The van der Waals surface area contributed by atoms with Crippen molar-refractivity contribution in [3.63, 3.8) is 0 Å². The number of carbonyl (C=O) groups is 2. The van der Waals surface area contributed by atoms with Crippen LogP contribution in [0.2, 0.25) is 0 Å². The number of nitrogens with zero attached hydrogens (tertiary/aromatic N) is 1. The largest absolute Gasteiger partial charge is 0.398 e. The van der Waals surface area contributed by atoms with E-state index in [1.807, 2.05) is 24.5 Å². The average molecular weight is 281 g/mol. The van der Waals surface area contributed by atoms with Gasteiger partial charge in [0, 0.05) is 24.4 Å². The molecule has 2 amide bonds. The first-order valence-corrected chi connectivity index (χ1v) is 7.32. The van der Waals surface area contributed by atoms with Crippen molar-refractivity contribution in [2.75, 3.05) is 24.3 Å². The molecule has 4 N–H and O–H groups in total. The van der Waals surface area contributed by atoms with E-state index in [0.29, 0.717) is 18.7 Å². The highest BCUT2D eigenvalue weighted by Gasteiger charge is 2.16. The lowest BCUT2D eigenvalue weighted by Gasteiger charge is -2.22. The molecule has 0 aromatic heterocycles. The Morgan fingerprint density at radius 3 is 2.58 bits per heavy atom. The molecule has 0 saturated heterocycles. The number of amides is 2. The summed E-state index contributed by atoms with van der Waals surface area (Å²) in [6.45, 7) is 0.227. The van der Waals surface area contributed by atoms with Gasteiger partial charge in [0.2, 0.25) is 11.8 Å². The molecule has 0 aliphatic heterocycles. The maximum absolute atomic E-state index is 12.0. The minimum Gasteiger partial charge on any atom is -0.398 e. The zero-order valence-corrected chi connectivity index (χ0v) is 11.8. The molecule has 1 aromatic carbocycles. The average Bonchev–Trinajstić information content (AvgIpc) is 2.37. The zero-order valence-electron chi connectivity index (χ0n) is 11.0. The van der Waals surface area contributed by atoms with Gasteiger partial charge in [0.25, 0.3) is 0 Å². The van der Waals surface area contributed by atoms with Crippen LogP contribution in [0.4, 0.5) is 5.69 Å². The highest BCUT2D eigenvalue weighted by molar-refractivity contribution is 7.98. The molecule has 0 spiro atoms. The molecule has 104 valence electrons. The van der Waals surface area contributed by atoms with Crippen molar-refractivity contribution in [2.45, 2.75) is 13.0 Å². The normalized spacial score (nSPS) is 10.2. The Labute approximate surface area is 117 Å². The van der Waals surface area contributed by atoms with E-state index in [-0.39, 0.29) is 12.5 Å². The van der Waals surface area contributed by atoms with E-state index >= 15 is 0 Å². The van der Waals surface area contributed by atoms with Crippen LogP contribution >= 0.6 is 11.8 Å². The van der Waals surface area contributed by atoms with Gasteiger partial charge in [-0.15, -0.1) is 0 Å². The Morgan fingerprint density at radius 1 is 1.32 bits per heavy atom. The molecule has 0 aliphatic carbocycles. The molecule has 0 heterocycles. The second-order valence-electron chi connectivity index (χ2n) is 4.16. The van der Waals surface area contributed by atoms with Gasteiger partial charge in [0.05, 0.1) is 6.54 Å². The van der Waals surface area contributed by atoms with E-state index in [0.717, 1.165) is 11.3 Å². The molecular formula is C13H19N3O2S. The maximum atomic E-state index is 12.0. The quantitative estimate of drug-likeness (QED) is 0.725. The fourth-order valence-corrected chi connectivity index (χ4v) is 2.03. The molecule has 0 fully saturated rings. The summed E-state index contributed by atoms with van der Waals surface area (Å²) in [5, 5.41) is 0. The lowest BCUT2D eigenvalue weighted by molar-refractivity contribution is -0.135. The highest BCUT2D eigenvalue weighted by atomic mass is 32.2. The molecule has 6 heteroatoms. The van der Waals surface area contributed by atoms with E-state index in [1.54, 1.807) is 17.8 Å². The van der Waals surface area contributed by atoms with E-state index in [1.165, 1.54) is 4.90 Å². The van der Waals surface area contributed by atoms with Crippen LogP contribution in [0, 0.1) is 0 Å². The second kappa shape index (κ2) is 7.68. The number of hydrogen-bond donors (Lipinski definition) is 2. The van der Waals surface area contributed by atoms with Crippen LogP contribution in [0.1, 0.15) is 12.0 Å². The monoisotopic (exact) mass is 281 g/mol. The molecule has 0 unspecified atom stereocenters. The van der Waals surface area contributed by atoms with Crippen molar-refractivity contribution < 1.29 is 9.59 Å². The molecular weight excluding hydrogens is 262 g/mol. The third-order valence-corrected chi connectivity index (χ3v) is 3.25. The number of anilines is 1. The van der Waals surface area contributed by atoms with Crippen LogP contribution in [-0.4, -0.2) is 35.3 Å². The first kappa shape index (κ1) is 15.4. The van der Waals surface area contributed by atoms with Gasteiger partial charge in [-0.25, -0.2) is 0 Å².